The topological polar surface area (TPSA) is 151 Å². The first-order valence-corrected chi connectivity index (χ1v) is 19.8. The van der Waals surface area contributed by atoms with Gasteiger partial charge in [-0.25, -0.2) is 13.9 Å². The maximum absolute atomic E-state index is 12.6. The number of benzene rings is 2. The molecule has 49 heavy (non-hydrogen) atoms. The second-order valence-electron chi connectivity index (χ2n) is 11.3. The summed E-state index contributed by atoms with van der Waals surface area (Å²) in [5.41, 5.74) is 6.55. The molecule has 3 aromatic rings. The summed E-state index contributed by atoms with van der Waals surface area (Å²) in [5, 5.41) is 0.818. The maximum atomic E-state index is 12.6. The zero-order chi connectivity index (χ0) is 36.1. The molecule has 0 amide bonds. The minimum absolute atomic E-state index is 0.177. The van der Waals surface area contributed by atoms with Gasteiger partial charge in [0.15, 0.2) is 11.0 Å². The predicted octanol–water partition coefficient (Wildman–Crippen LogP) is 5.09. The molecule has 2 heterocycles. The largest absolute Gasteiger partial charge is 0.465 e. The molecule has 1 aromatic heterocycles. The molecule has 0 atom stereocenters. The van der Waals surface area contributed by atoms with E-state index in [0.29, 0.717) is 42.5 Å². The van der Waals surface area contributed by atoms with Gasteiger partial charge in [0, 0.05) is 49.3 Å². The van der Waals surface area contributed by atoms with Crippen molar-refractivity contribution in [3.05, 3.63) is 69.2 Å². The number of allylic oxidation sites excluding steroid dienone is 2. The standard InChI is InChI=1S/C32H41Cl2N5O8S2/c1-6-35-47-49(44,45)17-11-15-39-27-19-23(32(40)46-5)25(34)21-29(27)37(8-3)31(39)13-9-12-30-36(7-2)28-20-24(33)22(4)18-26(28)38(30)14-10-16-48(41,42)43/h9,12-13,18-21,35H,6-8,10-11,14-17H2,1-5H3/p+1. The highest BCUT2D eigenvalue weighted by Gasteiger charge is 2.31. The second-order valence-corrected chi connectivity index (χ2v) is 15.3. The predicted molar refractivity (Wildman–Crippen MR) is 192 cm³/mol. The summed E-state index contributed by atoms with van der Waals surface area (Å²) in [5.74, 6) is 0.256. The van der Waals surface area contributed by atoms with Crippen molar-refractivity contribution in [2.45, 2.75) is 53.6 Å². The molecule has 268 valence electrons. The molecule has 0 saturated carbocycles. The number of rotatable bonds is 16. The Morgan fingerprint density at radius 3 is 2.33 bits per heavy atom. The number of aromatic nitrogens is 2. The Kier molecular flexibility index (Phi) is 12.8. The van der Waals surface area contributed by atoms with Gasteiger partial charge in [-0.15, -0.1) is 0 Å². The van der Waals surface area contributed by atoms with E-state index in [1.165, 1.54) is 7.11 Å². The molecular weight excluding hydrogens is 717 g/mol. The van der Waals surface area contributed by atoms with Crippen LogP contribution in [0, 0.1) is 6.92 Å². The van der Waals surface area contributed by atoms with Crippen LogP contribution in [0.25, 0.3) is 17.1 Å². The third-order valence-electron chi connectivity index (χ3n) is 8.01. The van der Waals surface area contributed by atoms with Gasteiger partial charge in [-0.1, -0.05) is 36.2 Å². The molecule has 0 bridgehead atoms. The quantitative estimate of drug-likeness (QED) is 0.0870. The number of esters is 1. The Morgan fingerprint density at radius 2 is 1.69 bits per heavy atom. The number of anilines is 2. The van der Waals surface area contributed by atoms with Gasteiger partial charge in [-0.3, -0.25) is 4.55 Å². The maximum Gasteiger partial charge on any atom is 0.339 e. The molecule has 4 rings (SSSR count). The van der Waals surface area contributed by atoms with Gasteiger partial charge in [-0.2, -0.15) is 26.6 Å². The molecule has 0 spiro atoms. The summed E-state index contributed by atoms with van der Waals surface area (Å²) in [6.07, 6.45) is 6.05. The highest BCUT2D eigenvalue weighted by molar-refractivity contribution is 7.86. The molecule has 0 fully saturated rings. The second kappa shape index (κ2) is 16.2. The van der Waals surface area contributed by atoms with Crippen LogP contribution in [0.3, 0.4) is 0 Å². The number of imidazole rings is 1. The van der Waals surface area contributed by atoms with Gasteiger partial charge < -0.3 is 14.5 Å². The number of hydrogen-bond acceptors (Lipinski definition) is 10. The van der Waals surface area contributed by atoms with Crippen molar-refractivity contribution in [1.82, 2.24) is 10.0 Å². The Hall–Kier alpha value is -3.18. The van der Waals surface area contributed by atoms with Crippen molar-refractivity contribution in [3.8, 4) is 0 Å². The summed E-state index contributed by atoms with van der Waals surface area (Å²) >= 11 is 13.0. The SMILES string of the molecule is CCNOS(=O)(=O)CCC[n+]1c(/C=C/C=C2\N(CC)c3cc(Cl)c(C)cc3N2CCCS(=O)(=O)O)n(CC)c2cc(Cl)c(C(=O)OC)cc21. The fraction of sp³-hybridized carbons (Fsp3) is 0.438. The molecule has 1 aliphatic heterocycles. The van der Waals surface area contributed by atoms with E-state index in [1.807, 2.05) is 65.2 Å². The fourth-order valence-corrected chi connectivity index (χ4v) is 7.58. The van der Waals surface area contributed by atoms with Crippen LogP contribution in [0.1, 0.15) is 55.4 Å². The first-order chi connectivity index (χ1) is 23.2. The van der Waals surface area contributed by atoms with Crippen LogP contribution in [0.15, 0.2) is 42.2 Å². The molecule has 1 aliphatic rings. The molecule has 2 N–H and O–H groups in total. The highest BCUT2D eigenvalue weighted by atomic mass is 35.5. The van der Waals surface area contributed by atoms with E-state index >= 15 is 0 Å². The van der Waals surface area contributed by atoms with Crippen LogP contribution in [-0.4, -0.2) is 70.2 Å². The molecular formula is C32H42Cl2N5O8S2+. The lowest BCUT2D eigenvalue weighted by Gasteiger charge is -2.24. The van der Waals surface area contributed by atoms with Crippen molar-refractivity contribution in [3.63, 3.8) is 0 Å². The Morgan fingerprint density at radius 1 is 0.980 bits per heavy atom. The van der Waals surface area contributed by atoms with E-state index in [4.69, 9.17) is 32.2 Å². The van der Waals surface area contributed by atoms with Gasteiger partial charge in [-0.05, 0) is 51.0 Å². The number of nitrogens with one attached hydrogen (secondary N) is 1. The molecule has 13 nitrogen and oxygen atoms in total. The number of fused-ring (bicyclic) bond motifs is 2. The Labute approximate surface area is 297 Å². The van der Waals surface area contributed by atoms with Gasteiger partial charge >= 0.3 is 5.97 Å². The first kappa shape index (κ1) is 38.6. The lowest BCUT2D eigenvalue weighted by molar-refractivity contribution is -0.673. The van der Waals surface area contributed by atoms with E-state index in [1.54, 1.807) is 19.1 Å². The summed E-state index contributed by atoms with van der Waals surface area (Å²) in [4.78, 5) is 16.6. The van der Waals surface area contributed by atoms with Crippen molar-refractivity contribution < 1.29 is 39.8 Å². The average Bonchev–Trinajstić information content (AvgIpc) is 3.48. The number of methoxy groups -OCH3 is 1. The van der Waals surface area contributed by atoms with E-state index in [9.17, 15) is 26.2 Å². The first-order valence-electron chi connectivity index (χ1n) is 15.8. The van der Waals surface area contributed by atoms with E-state index in [2.05, 4.69) is 10.4 Å². The molecule has 17 heteroatoms. The van der Waals surface area contributed by atoms with Crippen LogP contribution in [0.4, 0.5) is 11.4 Å². The van der Waals surface area contributed by atoms with E-state index in [-0.39, 0.29) is 41.5 Å². The van der Waals surface area contributed by atoms with Crippen molar-refractivity contribution >= 4 is 77.9 Å². The zero-order valence-electron chi connectivity index (χ0n) is 28.1. The summed E-state index contributed by atoms with van der Waals surface area (Å²) < 4.78 is 71.0. The summed E-state index contributed by atoms with van der Waals surface area (Å²) in [6, 6.07) is 7.18. The third-order valence-corrected chi connectivity index (χ3v) is 10.7. The number of aryl methyl sites for hydroxylation is 3. The number of hydrogen-bond donors (Lipinski definition) is 2. The molecule has 2 aromatic carbocycles. The van der Waals surface area contributed by atoms with Crippen LogP contribution in [-0.2, 0) is 42.3 Å². The van der Waals surface area contributed by atoms with Gasteiger partial charge in [0.2, 0.25) is 0 Å². The number of carbonyl (C=O) groups is 1. The van der Waals surface area contributed by atoms with E-state index < -0.39 is 26.2 Å². The van der Waals surface area contributed by atoms with Gasteiger partial charge in [0.05, 0.1) is 53.7 Å². The number of ether oxygens (including phenoxy) is 1. The van der Waals surface area contributed by atoms with Gasteiger partial charge in [0.1, 0.15) is 5.82 Å². The minimum atomic E-state index is -4.15. The van der Waals surface area contributed by atoms with Crippen LogP contribution in [0.5, 0.6) is 0 Å². The fourth-order valence-electron chi connectivity index (χ4n) is 5.83. The van der Waals surface area contributed by atoms with Crippen molar-refractivity contribution in [2.75, 3.05) is 48.0 Å². The van der Waals surface area contributed by atoms with Crippen molar-refractivity contribution in [1.29, 1.82) is 0 Å². The number of halogens is 2. The highest BCUT2D eigenvalue weighted by Crippen LogP contribution is 2.44. The third kappa shape index (κ3) is 8.95. The Bertz CT molecular complexity index is 2000. The van der Waals surface area contributed by atoms with Crippen LogP contribution < -0.4 is 19.8 Å². The summed E-state index contributed by atoms with van der Waals surface area (Å²) in [6.45, 7) is 9.61. The average molecular weight is 760 g/mol. The molecule has 0 saturated heterocycles. The molecule has 0 unspecified atom stereocenters. The molecule has 0 aliphatic carbocycles. The van der Waals surface area contributed by atoms with E-state index in [0.717, 1.165) is 28.3 Å². The smallest absolute Gasteiger partial charge is 0.339 e. The van der Waals surface area contributed by atoms with Crippen molar-refractivity contribution in [2.24, 2.45) is 0 Å². The monoisotopic (exact) mass is 758 g/mol. The van der Waals surface area contributed by atoms with Gasteiger partial charge in [0.25, 0.3) is 26.1 Å². The number of hydroxylamine groups is 1. The number of nitrogens with zero attached hydrogens (tertiary/aromatic N) is 4. The lowest BCUT2D eigenvalue weighted by atomic mass is 10.2. The lowest BCUT2D eigenvalue weighted by Crippen LogP contribution is -2.38. The number of carbonyl (C=O) groups excluding carboxylic acids is 1. The summed E-state index contributed by atoms with van der Waals surface area (Å²) in [7, 11) is -6.71. The van der Waals surface area contributed by atoms with Crippen LogP contribution >= 0.6 is 23.2 Å². The van der Waals surface area contributed by atoms with Crippen LogP contribution in [0.2, 0.25) is 10.0 Å². The molecule has 0 radical (unpaired) electrons. The zero-order valence-corrected chi connectivity index (χ0v) is 31.2. The Balaban J connectivity index is 1.82. The normalized spacial score (nSPS) is 14.5. The minimum Gasteiger partial charge on any atom is -0.465 e.